The molecule has 154 valence electrons. The topological polar surface area (TPSA) is 95.2 Å². The first-order valence-electron chi connectivity index (χ1n) is 10.2. The molecule has 29 heavy (non-hydrogen) atoms. The summed E-state index contributed by atoms with van der Waals surface area (Å²) in [7, 11) is 0. The summed E-state index contributed by atoms with van der Waals surface area (Å²) in [6.45, 7) is 12.3. The summed E-state index contributed by atoms with van der Waals surface area (Å²) in [6, 6.07) is 2.04. The average molecular weight is 394 g/mol. The van der Waals surface area contributed by atoms with Crippen LogP contribution >= 0.6 is 0 Å². The molecule has 2 aromatic rings. The van der Waals surface area contributed by atoms with Crippen LogP contribution in [0.15, 0.2) is 47.1 Å². The summed E-state index contributed by atoms with van der Waals surface area (Å²) in [6.07, 6.45) is 9.69. The quantitative estimate of drug-likeness (QED) is 0.371. The van der Waals surface area contributed by atoms with Crippen molar-refractivity contribution in [1.82, 2.24) is 15.0 Å². The van der Waals surface area contributed by atoms with Gasteiger partial charge in [-0.1, -0.05) is 30.4 Å². The predicted octanol–water partition coefficient (Wildman–Crippen LogP) is 4.27. The number of piperidine rings is 1. The standard InChI is InChI=1S/C22H31N7/c1-5-9-17(12-15(2)3)16(4)27-28-19-13-18(29-10-7-6-8-11-29)21-22(25-19)26-20(14-23)24-21/h5,9,12-13H,2,6-8,10-11,14,23H2,1,3-4H3,(H2,24,25,26,28)/b9-5?,17-12+,27-16+. The van der Waals surface area contributed by atoms with E-state index in [1.54, 1.807) is 0 Å². The van der Waals surface area contributed by atoms with Gasteiger partial charge >= 0.3 is 0 Å². The number of hydrogen-bond acceptors (Lipinski definition) is 6. The SMILES string of the molecule is C=C(C)/C=C(C=CC)/C(C)=N/Nc1cc(N2CCCCC2)c2[nH]c(CN)nc2n1. The van der Waals surface area contributed by atoms with Crippen molar-refractivity contribution in [2.75, 3.05) is 23.4 Å². The minimum atomic E-state index is 0.355. The molecule has 0 bridgehead atoms. The molecule has 2 aromatic heterocycles. The zero-order chi connectivity index (χ0) is 20.8. The molecule has 1 aliphatic rings. The number of hydrazone groups is 1. The number of anilines is 2. The Kier molecular flexibility index (Phi) is 6.82. The van der Waals surface area contributed by atoms with Crippen molar-refractivity contribution in [1.29, 1.82) is 0 Å². The molecule has 4 N–H and O–H groups in total. The van der Waals surface area contributed by atoms with Gasteiger partial charge in [-0.3, -0.25) is 5.43 Å². The van der Waals surface area contributed by atoms with Gasteiger partial charge in [0, 0.05) is 19.2 Å². The Labute approximate surface area is 172 Å². The average Bonchev–Trinajstić information content (AvgIpc) is 3.14. The number of hydrogen-bond donors (Lipinski definition) is 3. The third kappa shape index (κ3) is 5.12. The first kappa shape index (κ1) is 20.8. The monoisotopic (exact) mass is 393 g/mol. The molecule has 1 aliphatic heterocycles. The van der Waals surface area contributed by atoms with Gasteiger partial charge in [-0.05, 0) is 45.6 Å². The second kappa shape index (κ2) is 9.52. The zero-order valence-electron chi connectivity index (χ0n) is 17.6. The molecular weight excluding hydrogens is 362 g/mol. The summed E-state index contributed by atoms with van der Waals surface area (Å²) in [5.74, 6) is 1.41. The highest BCUT2D eigenvalue weighted by Gasteiger charge is 2.18. The highest BCUT2D eigenvalue weighted by Crippen LogP contribution is 2.29. The molecule has 0 radical (unpaired) electrons. The van der Waals surface area contributed by atoms with Crippen molar-refractivity contribution in [3.05, 3.63) is 47.8 Å². The molecule has 0 atom stereocenters. The van der Waals surface area contributed by atoms with E-state index in [1.807, 2.05) is 45.1 Å². The highest BCUT2D eigenvalue weighted by molar-refractivity contribution is 6.01. The summed E-state index contributed by atoms with van der Waals surface area (Å²) >= 11 is 0. The van der Waals surface area contributed by atoms with Crippen LogP contribution in [0.2, 0.25) is 0 Å². The van der Waals surface area contributed by atoms with Gasteiger partial charge in [-0.25, -0.2) is 9.97 Å². The van der Waals surface area contributed by atoms with Gasteiger partial charge in [0.2, 0.25) is 0 Å². The number of fused-ring (bicyclic) bond motifs is 1. The molecule has 3 rings (SSSR count). The molecule has 0 aliphatic carbocycles. The lowest BCUT2D eigenvalue weighted by Gasteiger charge is -2.29. The van der Waals surface area contributed by atoms with E-state index >= 15 is 0 Å². The van der Waals surface area contributed by atoms with E-state index < -0.39 is 0 Å². The van der Waals surface area contributed by atoms with Crippen molar-refractivity contribution in [3.8, 4) is 0 Å². The van der Waals surface area contributed by atoms with Crippen molar-refractivity contribution in [2.24, 2.45) is 10.8 Å². The lowest BCUT2D eigenvalue weighted by Crippen LogP contribution is -2.29. The largest absolute Gasteiger partial charge is 0.370 e. The van der Waals surface area contributed by atoms with Gasteiger partial charge in [0.1, 0.15) is 11.3 Å². The van der Waals surface area contributed by atoms with Crippen LogP contribution in [0, 0.1) is 0 Å². The number of aromatic amines is 1. The predicted molar refractivity (Wildman–Crippen MR) is 122 cm³/mol. The molecule has 7 heteroatoms. The van der Waals surface area contributed by atoms with Crippen LogP contribution in [-0.2, 0) is 6.54 Å². The molecule has 0 saturated carbocycles. The fourth-order valence-corrected chi connectivity index (χ4v) is 3.48. The lowest BCUT2D eigenvalue weighted by atomic mass is 10.1. The molecular formula is C22H31N7. The Bertz CT molecular complexity index is 959. The molecule has 0 spiro atoms. The van der Waals surface area contributed by atoms with E-state index in [0.29, 0.717) is 18.0 Å². The van der Waals surface area contributed by atoms with Crippen LogP contribution < -0.4 is 16.1 Å². The fraction of sp³-hybridized carbons (Fsp3) is 0.409. The first-order chi connectivity index (χ1) is 14.0. The van der Waals surface area contributed by atoms with Crippen molar-refractivity contribution in [2.45, 2.75) is 46.6 Å². The van der Waals surface area contributed by atoms with Crippen molar-refractivity contribution >= 4 is 28.4 Å². The van der Waals surface area contributed by atoms with E-state index in [9.17, 15) is 0 Å². The maximum Gasteiger partial charge on any atom is 0.182 e. The number of nitrogens with one attached hydrogen (secondary N) is 2. The van der Waals surface area contributed by atoms with Crippen LogP contribution in [0.4, 0.5) is 11.5 Å². The molecule has 0 amide bonds. The van der Waals surface area contributed by atoms with E-state index in [4.69, 9.17) is 5.73 Å². The fourth-order valence-electron chi connectivity index (χ4n) is 3.48. The van der Waals surface area contributed by atoms with Crippen LogP contribution in [0.3, 0.4) is 0 Å². The maximum atomic E-state index is 5.79. The number of nitrogens with zero attached hydrogens (tertiary/aromatic N) is 4. The summed E-state index contributed by atoms with van der Waals surface area (Å²) in [4.78, 5) is 14.9. The van der Waals surface area contributed by atoms with Crippen LogP contribution in [-0.4, -0.2) is 33.8 Å². The second-order valence-electron chi connectivity index (χ2n) is 7.42. The van der Waals surface area contributed by atoms with Crippen LogP contribution in [0.5, 0.6) is 0 Å². The van der Waals surface area contributed by atoms with Crippen LogP contribution in [0.25, 0.3) is 11.2 Å². The number of aromatic nitrogens is 3. The Morgan fingerprint density at radius 2 is 2.07 bits per heavy atom. The maximum absolute atomic E-state index is 5.79. The number of allylic oxidation sites excluding steroid dienone is 5. The number of rotatable bonds is 7. The van der Waals surface area contributed by atoms with Crippen molar-refractivity contribution in [3.63, 3.8) is 0 Å². The summed E-state index contributed by atoms with van der Waals surface area (Å²) in [5, 5.41) is 4.55. The van der Waals surface area contributed by atoms with Gasteiger partial charge in [0.15, 0.2) is 11.5 Å². The van der Waals surface area contributed by atoms with Gasteiger partial charge in [-0.2, -0.15) is 5.10 Å². The number of H-pyrrole nitrogens is 1. The lowest BCUT2D eigenvalue weighted by molar-refractivity contribution is 0.578. The minimum absolute atomic E-state index is 0.355. The molecule has 1 saturated heterocycles. The third-order valence-electron chi connectivity index (χ3n) is 4.88. The zero-order valence-corrected chi connectivity index (χ0v) is 17.6. The van der Waals surface area contributed by atoms with E-state index in [2.05, 4.69) is 37.0 Å². The van der Waals surface area contributed by atoms with Gasteiger partial charge < -0.3 is 15.6 Å². The van der Waals surface area contributed by atoms with E-state index in [1.165, 1.54) is 19.3 Å². The Morgan fingerprint density at radius 3 is 2.72 bits per heavy atom. The summed E-state index contributed by atoms with van der Waals surface area (Å²) < 4.78 is 0. The van der Waals surface area contributed by atoms with Gasteiger partial charge in [-0.15, -0.1) is 0 Å². The highest BCUT2D eigenvalue weighted by atomic mass is 15.3. The first-order valence-corrected chi connectivity index (χ1v) is 10.2. The normalized spacial score (nSPS) is 16.1. The number of pyridine rings is 1. The summed E-state index contributed by atoms with van der Waals surface area (Å²) in [5.41, 5.74) is 14.5. The van der Waals surface area contributed by atoms with Crippen molar-refractivity contribution < 1.29 is 0 Å². The smallest absolute Gasteiger partial charge is 0.182 e. The Balaban J connectivity index is 1.95. The second-order valence-corrected chi connectivity index (χ2v) is 7.42. The Hall–Kier alpha value is -2.93. The van der Waals surface area contributed by atoms with Gasteiger partial charge in [0.25, 0.3) is 0 Å². The van der Waals surface area contributed by atoms with E-state index in [-0.39, 0.29) is 0 Å². The molecule has 7 nitrogen and oxygen atoms in total. The minimum Gasteiger partial charge on any atom is -0.370 e. The molecule has 0 unspecified atom stereocenters. The molecule has 3 heterocycles. The molecule has 1 fully saturated rings. The van der Waals surface area contributed by atoms with Gasteiger partial charge in [0.05, 0.1) is 17.9 Å². The van der Waals surface area contributed by atoms with E-state index in [0.717, 1.165) is 47.0 Å². The number of imidazole rings is 1. The van der Waals surface area contributed by atoms with Crippen LogP contribution in [0.1, 0.15) is 45.9 Å². The third-order valence-corrected chi connectivity index (χ3v) is 4.88. The molecule has 0 aromatic carbocycles. The number of nitrogens with two attached hydrogens (primary N) is 1. The Morgan fingerprint density at radius 1 is 1.31 bits per heavy atom.